The predicted octanol–water partition coefficient (Wildman–Crippen LogP) is 2.64. The molecule has 3 rings (SSSR count). The first-order chi connectivity index (χ1) is 13.6. The van der Waals surface area contributed by atoms with Crippen LogP contribution in [0.25, 0.3) is 0 Å². The van der Waals surface area contributed by atoms with Gasteiger partial charge in [0.05, 0.1) is 14.2 Å². The summed E-state index contributed by atoms with van der Waals surface area (Å²) in [5, 5.41) is 3.04. The van der Waals surface area contributed by atoms with Crippen LogP contribution in [-0.2, 0) is 0 Å². The summed E-state index contributed by atoms with van der Waals surface area (Å²) in [6, 6.07) is 16.0. The lowest BCUT2D eigenvalue weighted by Gasteiger charge is -2.39. The number of carbonyl (C=O) groups is 1. The van der Waals surface area contributed by atoms with Crippen molar-refractivity contribution in [2.24, 2.45) is 0 Å². The molecule has 1 saturated heterocycles. The fourth-order valence-electron chi connectivity index (χ4n) is 3.47. The molecule has 2 aromatic carbocycles. The van der Waals surface area contributed by atoms with Gasteiger partial charge in [0.25, 0.3) is 5.91 Å². The number of amides is 1. The maximum absolute atomic E-state index is 12.6. The van der Waals surface area contributed by atoms with Crippen LogP contribution in [0.2, 0.25) is 0 Å². The van der Waals surface area contributed by atoms with Gasteiger partial charge >= 0.3 is 0 Å². The third kappa shape index (κ3) is 4.95. The highest BCUT2D eigenvalue weighted by molar-refractivity contribution is 5.95. The number of para-hydroxylation sites is 1. The van der Waals surface area contributed by atoms with E-state index in [0.717, 1.165) is 26.2 Å². The quantitative estimate of drug-likeness (QED) is 0.797. The summed E-state index contributed by atoms with van der Waals surface area (Å²) < 4.78 is 10.5. The molecule has 1 unspecified atom stereocenters. The average Bonchev–Trinajstić information content (AvgIpc) is 2.77. The molecule has 1 atom stereocenters. The van der Waals surface area contributed by atoms with Crippen LogP contribution in [0.4, 0.5) is 5.69 Å². The van der Waals surface area contributed by atoms with E-state index in [1.165, 1.54) is 5.69 Å². The van der Waals surface area contributed by atoms with E-state index in [9.17, 15) is 4.79 Å². The Bertz CT molecular complexity index is 752. The van der Waals surface area contributed by atoms with E-state index < -0.39 is 0 Å². The Morgan fingerprint density at radius 2 is 1.61 bits per heavy atom. The van der Waals surface area contributed by atoms with Crippen molar-refractivity contribution in [1.29, 1.82) is 0 Å². The Labute approximate surface area is 167 Å². The van der Waals surface area contributed by atoms with Gasteiger partial charge in [-0.2, -0.15) is 0 Å². The molecule has 28 heavy (non-hydrogen) atoms. The highest BCUT2D eigenvalue weighted by Gasteiger charge is 2.22. The molecule has 1 aliphatic rings. The van der Waals surface area contributed by atoms with E-state index in [1.807, 2.05) is 6.07 Å². The Balaban J connectivity index is 1.50. The van der Waals surface area contributed by atoms with Crippen molar-refractivity contribution in [1.82, 2.24) is 10.2 Å². The molecule has 150 valence electrons. The Hall–Kier alpha value is -2.73. The molecule has 1 aliphatic heterocycles. The first kappa shape index (κ1) is 20.0. The van der Waals surface area contributed by atoms with Crippen molar-refractivity contribution in [2.75, 3.05) is 51.8 Å². The molecule has 0 aliphatic carbocycles. The monoisotopic (exact) mass is 383 g/mol. The summed E-state index contributed by atoms with van der Waals surface area (Å²) in [7, 11) is 3.15. The maximum atomic E-state index is 12.6. The summed E-state index contributed by atoms with van der Waals surface area (Å²) in [6.07, 6.45) is 0. The second kappa shape index (κ2) is 9.46. The van der Waals surface area contributed by atoms with E-state index in [2.05, 4.69) is 46.3 Å². The van der Waals surface area contributed by atoms with Crippen molar-refractivity contribution in [3.8, 4) is 11.5 Å². The van der Waals surface area contributed by atoms with Gasteiger partial charge in [-0.1, -0.05) is 18.2 Å². The van der Waals surface area contributed by atoms with Crippen molar-refractivity contribution in [2.45, 2.75) is 13.0 Å². The zero-order chi connectivity index (χ0) is 19.9. The Kier molecular flexibility index (Phi) is 6.76. The van der Waals surface area contributed by atoms with Crippen molar-refractivity contribution in [3.05, 3.63) is 54.1 Å². The molecule has 0 saturated carbocycles. The number of piperazine rings is 1. The summed E-state index contributed by atoms with van der Waals surface area (Å²) >= 11 is 0. The van der Waals surface area contributed by atoms with E-state index in [4.69, 9.17) is 9.47 Å². The molecule has 1 heterocycles. The van der Waals surface area contributed by atoms with Gasteiger partial charge in [0.15, 0.2) is 0 Å². The topological polar surface area (TPSA) is 54.0 Å². The van der Waals surface area contributed by atoms with Crippen molar-refractivity contribution >= 4 is 11.6 Å². The normalized spacial score (nSPS) is 15.8. The second-order valence-electron chi connectivity index (χ2n) is 7.02. The number of nitrogens with one attached hydrogen (secondary N) is 1. The van der Waals surface area contributed by atoms with Gasteiger partial charge in [-0.15, -0.1) is 0 Å². The molecule has 6 nitrogen and oxygen atoms in total. The predicted molar refractivity (Wildman–Crippen MR) is 112 cm³/mol. The number of methoxy groups -OCH3 is 2. The van der Waals surface area contributed by atoms with Crippen LogP contribution in [0.15, 0.2) is 48.5 Å². The zero-order valence-electron chi connectivity index (χ0n) is 16.9. The number of carbonyl (C=O) groups excluding carboxylic acids is 1. The van der Waals surface area contributed by atoms with Crippen LogP contribution in [-0.4, -0.2) is 63.8 Å². The van der Waals surface area contributed by atoms with Gasteiger partial charge in [-0.05, 0) is 31.2 Å². The second-order valence-corrected chi connectivity index (χ2v) is 7.02. The van der Waals surface area contributed by atoms with Crippen LogP contribution >= 0.6 is 0 Å². The molecule has 1 fully saturated rings. The van der Waals surface area contributed by atoms with Gasteiger partial charge < -0.3 is 19.7 Å². The van der Waals surface area contributed by atoms with E-state index in [-0.39, 0.29) is 11.9 Å². The van der Waals surface area contributed by atoms with E-state index in [1.54, 1.807) is 32.4 Å². The largest absolute Gasteiger partial charge is 0.497 e. The van der Waals surface area contributed by atoms with Gasteiger partial charge in [0.1, 0.15) is 11.5 Å². The third-order valence-electron chi connectivity index (χ3n) is 5.23. The number of hydrogen-bond donors (Lipinski definition) is 1. The van der Waals surface area contributed by atoms with Gasteiger partial charge in [0, 0.05) is 56.1 Å². The Morgan fingerprint density at radius 1 is 1.00 bits per heavy atom. The fourth-order valence-corrected chi connectivity index (χ4v) is 3.47. The summed E-state index contributed by atoms with van der Waals surface area (Å²) in [4.78, 5) is 17.4. The lowest BCUT2D eigenvalue weighted by molar-refractivity contribution is 0.0933. The SMILES string of the molecule is COc1cc(OC)cc(C(=O)NCC(C)N2CCN(c3ccccc3)CC2)c1. The summed E-state index contributed by atoms with van der Waals surface area (Å²) in [6.45, 7) is 6.72. The number of nitrogens with zero attached hydrogens (tertiary/aromatic N) is 2. The molecule has 0 bridgehead atoms. The molecule has 2 aromatic rings. The van der Waals surface area contributed by atoms with Gasteiger partial charge in [-0.25, -0.2) is 0 Å². The molecular weight excluding hydrogens is 354 g/mol. The minimum absolute atomic E-state index is 0.119. The number of rotatable bonds is 7. The van der Waals surface area contributed by atoms with Crippen LogP contribution in [0.1, 0.15) is 17.3 Å². The number of anilines is 1. The molecule has 1 N–H and O–H groups in total. The van der Waals surface area contributed by atoms with Crippen molar-refractivity contribution in [3.63, 3.8) is 0 Å². The lowest BCUT2D eigenvalue weighted by Crippen LogP contribution is -2.52. The first-order valence-corrected chi connectivity index (χ1v) is 9.66. The maximum Gasteiger partial charge on any atom is 0.251 e. The minimum Gasteiger partial charge on any atom is -0.497 e. The standard InChI is InChI=1S/C22H29N3O3/c1-17(24-9-11-25(12-10-24)19-7-5-4-6-8-19)16-23-22(26)18-13-20(27-2)15-21(14-18)28-3/h4-8,13-15,17H,9-12,16H2,1-3H3,(H,23,26). The summed E-state index contributed by atoms with van der Waals surface area (Å²) in [5.74, 6) is 1.09. The summed E-state index contributed by atoms with van der Waals surface area (Å²) in [5.41, 5.74) is 1.81. The van der Waals surface area contributed by atoms with Crippen LogP contribution < -0.4 is 19.7 Å². The minimum atomic E-state index is -0.119. The molecule has 1 amide bonds. The number of hydrogen-bond acceptors (Lipinski definition) is 5. The molecule has 0 spiro atoms. The van der Waals surface area contributed by atoms with Crippen molar-refractivity contribution < 1.29 is 14.3 Å². The highest BCUT2D eigenvalue weighted by atomic mass is 16.5. The molecule has 0 radical (unpaired) electrons. The van der Waals surface area contributed by atoms with E-state index >= 15 is 0 Å². The third-order valence-corrected chi connectivity index (χ3v) is 5.23. The molecule has 6 heteroatoms. The average molecular weight is 383 g/mol. The number of ether oxygens (including phenoxy) is 2. The fraction of sp³-hybridized carbons (Fsp3) is 0.409. The smallest absolute Gasteiger partial charge is 0.251 e. The van der Waals surface area contributed by atoms with E-state index in [0.29, 0.717) is 23.6 Å². The molecule has 0 aromatic heterocycles. The van der Waals surface area contributed by atoms with Crippen LogP contribution in [0.3, 0.4) is 0 Å². The first-order valence-electron chi connectivity index (χ1n) is 9.66. The van der Waals surface area contributed by atoms with Crippen LogP contribution in [0.5, 0.6) is 11.5 Å². The van der Waals surface area contributed by atoms with Crippen LogP contribution in [0, 0.1) is 0 Å². The molecular formula is C22H29N3O3. The lowest BCUT2D eigenvalue weighted by atomic mass is 10.1. The number of benzene rings is 2. The Morgan fingerprint density at radius 3 is 2.18 bits per heavy atom. The zero-order valence-corrected chi connectivity index (χ0v) is 16.9. The van der Waals surface area contributed by atoms with Gasteiger partial charge in [0.2, 0.25) is 0 Å². The van der Waals surface area contributed by atoms with Gasteiger partial charge in [-0.3, -0.25) is 9.69 Å². The highest BCUT2D eigenvalue weighted by Crippen LogP contribution is 2.22.